The quantitative estimate of drug-likeness (QED) is 0.663. The van der Waals surface area contributed by atoms with E-state index in [0.717, 1.165) is 12.8 Å². The van der Waals surface area contributed by atoms with Crippen LogP contribution in [0.4, 0.5) is 0 Å². The average molecular weight is 230 g/mol. The van der Waals surface area contributed by atoms with Crippen molar-refractivity contribution in [3.63, 3.8) is 0 Å². The van der Waals surface area contributed by atoms with Crippen LogP contribution in [0.5, 0.6) is 0 Å². The Kier molecular flexibility index (Phi) is 7.34. The van der Waals surface area contributed by atoms with E-state index in [1.54, 1.807) is 0 Å². The van der Waals surface area contributed by atoms with E-state index in [4.69, 9.17) is 10.5 Å². The number of hydrogen-bond donors (Lipinski definition) is 2. The zero-order valence-electron chi connectivity index (χ0n) is 11.0. The summed E-state index contributed by atoms with van der Waals surface area (Å²) < 4.78 is 5.49. The van der Waals surface area contributed by atoms with Crippen LogP contribution in [0.2, 0.25) is 0 Å². The van der Waals surface area contributed by atoms with E-state index >= 15 is 0 Å². The van der Waals surface area contributed by atoms with Crippen molar-refractivity contribution in [2.24, 2.45) is 5.73 Å². The first-order chi connectivity index (χ1) is 7.37. The Morgan fingerprint density at radius 2 is 2.12 bits per heavy atom. The molecule has 96 valence electrons. The largest absolute Gasteiger partial charge is 0.374 e. The van der Waals surface area contributed by atoms with Gasteiger partial charge in [0.1, 0.15) is 0 Å². The van der Waals surface area contributed by atoms with Gasteiger partial charge in [-0.25, -0.2) is 0 Å². The molecule has 0 bridgehead atoms. The van der Waals surface area contributed by atoms with Gasteiger partial charge in [-0.05, 0) is 40.5 Å². The first kappa shape index (κ1) is 15.4. The topological polar surface area (TPSA) is 64.3 Å². The van der Waals surface area contributed by atoms with Crippen molar-refractivity contribution in [3.8, 4) is 0 Å². The van der Waals surface area contributed by atoms with Crippen LogP contribution in [0.1, 0.15) is 47.0 Å². The molecule has 0 radical (unpaired) electrons. The summed E-state index contributed by atoms with van der Waals surface area (Å²) in [4.78, 5) is 11.5. The molecule has 16 heavy (non-hydrogen) atoms. The van der Waals surface area contributed by atoms with E-state index in [1.165, 1.54) is 0 Å². The number of ether oxygens (including phenoxy) is 1. The van der Waals surface area contributed by atoms with Crippen molar-refractivity contribution in [1.82, 2.24) is 5.32 Å². The molecule has 0 aliphatic heterocycles. The second kappa shape index (κ2) is 7.63. The summed E-state index contributed by atoms with van der Waals surface area (Å²) in [6, 6.07) is 0.174. The molecule has 0 aliphatic rings. The van der Waals surface area contributed by atoms with Crippen molar-refractivity contribution < 1.29 is 9.53 Å². The van der Waals surface area contributed by atoms with Crippen molar-refractivity contribution in [2.45, 2.75) is 58.6 Å². The van der Waals surface area contributed by atoms with Crippen LogP contribution in [0.3, 0.4) is 0 Å². The minimum atomic E-state index is -0.286. The molecule has 0 fully saturated rings. The standard InChI is InChI=1S/C12H26N2O2/c1-5-16-12(3,4)9-14-11(15)8-6-7-10(2)13/h10H,5-9,13H2,1-4H3,(H,14,15). The molecule has 0 heterocycles. The SMILES string of the molecule is CCOC(C)(C)CNC(=O)CCCC(C)N. The minimum Gasteiger partial charge on any atom is -0.374 e. The van der Waals surface area contributed by atoms with Gasteiger partial charge in [0.2, 0.25) is 5.91 Å². The molecule has 0 aromatic carbocycles. The minimum absolute atomic E-state index is 0.0772. The average Bonchev–Trinajstić information content (AvgIpc) is 2.14. The van der Waals surface area contributed by atoms with Crippen molar-refractivity contribution in [1.29, 1.82) is 0 Å². The Labute approximate surface area is 98.9 Å². The normalized spacial score (nSPS) is 13.6. The van der Waals surface area contributed by atoms with E-state index in [9.17, 15) is 4.79 Å². The lowest BCUT2D eigenvalue weighted by atomic mass is 10.1. The maximum absolute atomic E-state index is 11.5. The smallest absolute Gasteiger partial charge is 0.220 e. The van der Waals surface area contributed by atoms with Crippen LogP contribution in [0.15, 0.2) is 0 Å². The highest BCUT2D eigenvalue weighted by atomic mass is 16.5. The maximum atomic E-state index is 11.5. The predicted molar refractivity (Wildman–Crippen MR) is 66.2 cm³/mol. The highest BCUT2D eigenvalue weighted by Crippen LogP contribution is 2.07. The monoisotopic (exact) mass is 230 g/mol. The van der Waals surface area contributed by atoms with Crippen molar-refractivity contribution in [2.75, 3.05) is 13.2 Å². The molecule has 1 unspecified atom stereocenters. The van der Waals surface area contributed by atoms with Gasteiger partial charge in [0.25, 0.3) is 0 Å². The Balaban J connectivity index is 3.64. The Bertz CT molecular complexity index is 203. The van der Waals surface area contributed by atoms with Gasteiger partial charge in [0.05, 0.1) is 5.60 Å². The number of rotatable bonds is 8. The number of nitrogens with two attached hydrogens (primary N) is 1. The van der Waals surface area contributed by atoms with Gasteiger partial charge in [-0.2, -0.15) is 0 Å². The number of amides is 1. The molecule has 4 nitrogen and oxygen atoms in total. The summed E-state index contributed by atoms with van der Waals surface area (Å²) in [6.45, 7) is 9.06. The van der Waals surface area contributed by atoms with Gasteiger partial charge in [-0.1, -0.05) is 0 Å². The third kappa shape index (κ3) is 8.68. The fourth-order valence-corrected chi connectivity index (χ4v) is 1.43. The molecule has 3 N–H and O–H groups in total. The van der Waals surface area contributed by atoms with Gasteiger partial charge in [-0.15, -0.1) is 0 Å². The van der Waals surface area contributed by atoms with Crippen molar-refractivity contribution in [3.05, 3.63) is 0 Å². The van der Waals surface area contributed by atoms with Gasteiger partial charge < -0.3 is 15.8 Å². The fraction of sp³-hybridized carbons (Fsp3) is 0.917. The number of carbonyl (C=O) groups is 1. The van der Waals surface area contributed by atoms with Gasteiger partial charge in [-0.3, -0.25) is 4.79 Å². The molecule has 0 saturated heterocycles. The van der Waals surface area contributed by atoms with Crippen LogP contribution < -0.4 is 11.1 Å². The van der Waals surface area contributed by atoms with Gasteiger partial charge in [0.15, 0.2) is 0 Å². The summed E-state index contributed by atoms with van der Waals surface area (Å²) in [6.07, 6.45) is 2.28. The molecule has 0 rings (SSSR count). The van der Waals surface area contributed by atoms with Crippen LogP contribution in [-0.2, 0) is 9.53 Å². The van der Waals surface area contributed by atoms with Crippen LogP contribution in [0, 0.1) is 0 Å². The van der Waals surface area contributed by atoms with E-state index in [0.29, 0.717) is 19.6 Å². The molecule has 0 saturated carbocycles. The summed E-state index contributed by atoms with van der Waals surface area (Å²) >= 11 is 0. The Morgan fingerprint density at radius 3 is 2.62 bits per heavy atom. The second-order valence-electron chi connectivity index (χ2n) is 4.84. The van der Waals surface area contributed by atoms with Crippen LogP contribution in [0.25, 0.3) is 0 Å². The molecule has 0 aromatic rings. The van der Waals surface area contributed by atoms with E-state index in [1.807, 2.05) is 27.7 Å². The Morgan fingerprint density at radius 1 is 1.50 bits per heavy atom. The fourth-order valence-electron chi connectivity index (χ4n) is 1.43. The number of hydrogen-bond acceptors (Lipinski definition) is 3. The molecule has 0 spiro atoms. The molecular weight excluding hydrogens is 204 g/mol. The lowest BCUT2D eigenvalue weighted by Crippen LogP contribution is -2.40. The molecule has 1 amide bonds. The van der Waals surface area contributed by atoms with Gasteiger partial charge >= 0.3 is 0 Å². The first-order valence-electron chi connectivity index (χ1n) is 6.03. The summed E-state index contributed by atoms with van der Waals surface area (Å²) in [5.41, 5.74) is 5.32. The third-order valence-corrected chi connectivity index (χ3v) is 2.31. The third-order valence-electron chi connectivity index (χ3n) is 2.31. The van der Waals surface area contributed by atoms with E-state index in [-0.39, 0.29) is 17.6 Å². The predicted octanol–water partition coefficient (Wildman–Crippen LogP) is 1.44. The van der Waals surface area contributed by atoms with E-state index in [2.05, 4.69) is 5.32 Å². The highest BCUT2D eigenvalue weighted by Gasteiger charge is 2.18. The molecule has 0 aliphatic carbocycles. The Hall–Kier alpha value is -0.610. The molecular formula is C12H26N2O2. The molecule has 1 atom stereocenters. The van der Waals surface area contributed by atoms with Gasteiger partial charge in [0, 0.05) is 25.6 Å². The summed E-state index contributed by atoms with van der Waals surface area (Å²) in [7, 11) is 0. The zero-order valence-corrected chi connectivity index (χ0v) is 11.0. The second-order valence-corrected chi connectivity index (χ2v) is 4.84. The summed E-state index contributed by atoms with van der Waals surface area (Å²) in [5.74, 6) is 0.0772. The van der Waals surface area contributed by atoms with E-state index < -0.39 is 0 Å². The summed E-state index contributed by atoms with van der Waals surface area (Å²) in [5, 5.41) is 2.88. The molecule has 0 aromatic heterocycles. The maximum Gasteiger partial charge on any atom is 0.220 e. The highest BCUT2D eigenvalue weighted by molar-refractivity contribution is 5.75. The van der Waals surface area contributed by atoms with Crippen LogP contribution >= 0.6 is 0 Å². The number of nitrogens with one attached hydrogen (secondary N) is 1. The van der Waals surface area contributed by atoms with Crippen molar-refractivity contribution >= 4 is 5.91 Å². The first-order valence-corrected chi connectivity index (χ1v) is 6.03. The van der Waals surface area contributed by atoms with Crippen LogP contribution in [-0.4, -0.2) is 30.7 Å². The lowest BCUT2D eigenvalue weighted by Gasteiger charge is -2.24. The number of carbonyl (C=O) groups excluding carboxylic acids is 1. The molecule has 4 heteroatoms. The lowest BCUT2D eigenvalue weighted by molar-refractivity contribution is -0.122. The zero-order chi connectivity index (χ0) is 12.6.